The Balaban J connectivity index is 2.39. The lowest BCUT2D eigenvalue weighted by atomic mass is 9.83. The maximum absolute atomic E-state index is 5.69. The molecule has 0 bridgehead atoms. The van der Waals surface area contributed by atoms with Gasteiger partial charge in [0.25, 0.3) is 0 Å². The minimum atomic E-state index is 0.669. The number of aromatic nitrogens is 2. The van der Waals surface area contributed by atoms with Gasteiger partial charge in [-0.3, -0.25) is 4.68 Å². The molecule has 2 rings (SSSR count). The standard InChI is InChI=1S/C12H21N3/c1-3-10-12-9(7-8-13)5-4-6-11(12)15(2)14-10/h9H,3-8,13H2,1-2H3. The first-order valence-electron chi connectivity index (χ1n) is 6.02. The lowest BCUT2D eigenvalue weighted by Gasteiger charge is -2.23. The Labute approximate surface area is 91.7 Å². The molecule has 0 aromatic carbocycles. The van der Waals surface area contributed by atoms with Gasteiger partial charge < -0.3 is 5.73 Å². The van der Waals surface area contributed by atoms with E-state index in [9.17, 15) is 0 Å². The van der Waals surface area contributed by atoms with Crippen LogP contribution >= 0.6 is 0 Å². The summed E-state index contributed by atoms with van der Waals surface area (Å²) in [5, 5.41) is 4.62. The molecule has 84 valence electrons. The highest BCUT2D eigenvalue weighted by Crippen LogP contribution is 2.35. The molecule has 0 saturated carbocycles. The maximum atomic E-state index is 5.69. The Morgan fingerprint density at radius 3 is 3.00 bits per heavy atom. The van der Waals surface area contributed by atoms with Crippen LogP contribution in [0.1, 0.15) is 49.1 Å². The topological polar surface area (TPSA) is 43.8 Å². The SMILES string of the molecule is CCc1nn(C)c2c1C(CCN)CCC2. The van der Waals surface area contributed by atoms with Gasteiger partial charge in [0, 0.05) is 12.7 Å². The number of aryl methyl sites for hydroxylation is 2. The molecule has 1 unspecified atom stereocenters. The van der Waals surface area contributed by atoms with E-state index in [1.54, 1.807) is 0 Å². The lowest BCUT2D eigenvalue weighted by Crippen LogP contribution is -2.15. The monoisotopic (exact) mass is 207 g/mol. The van der Waals surface area contributed by atoms with E-state index < -0.39 is 0 Å². The van der Waals surface area contributed by atoms with Crippen LogP contribution in [-0.4, -0.2) is 16.3 Å². The average Bonchev–Trinajstić information content (AvgIpc) is 2.58. The average molecular weight is 207 g/mol. The quantitative estimate of drug-likeness (QED) is 0.820. The molecule has 2 N–H and O–H groups in total. The summed E-state index contributed by atoms with van der Waals surface area (Å²) >= 11 is 0. The van der Waals surface area contributed by atoms with Gasteiger partial charge in [0.1, 0.15) is 0 Å². The molecule has 15 heavy (non-hydrogen) atoms. The molecule has 1 aliphatic carbocycles. The molecular weight excluding hydrogens is 186 g/mol. The molecule has 0 radical (unpaired) electrons. The Hall–Kier alpha value is -0.830. The van der Waals surface area contributed by atoms with Gasteiger partial charge in [-0.15, -0.1) is 0 Å². The Morgan fingerprint density at radius 2 is 2.33 bits per heavy atom. The van der Waals surface area contributed by atoms with E-state index in [0.29, 0.717) is 5.92 Å². The normalized spacial score (nSPS) is 20.3. The van der Waals surface area contributed by atoms with Crippen molar-refractivity contribution >= 4 is 0 Å². The fraction of sp³-hybridized carbons (Fsp3) is 0.750. The molecule has 0 amide bonds. The molecule has 3 heteroatoms. The predicted octanol–water partition coefficient (Wildman–Crippen LogP) is 1.75. The highest BCUT2D eigenvalue weighted by Gasteiger charge is 2.26. The van der Waals surface area contributed by atoms with Gasteiger partial charge in [-0.1, -0.05) is 6.92 Å². The van der Waals surface area contributed by atoms with E-state index in [4.69, 9.17) is 5.73 Å². The van der Waals surface area contributed by atoms with E-state index in [1.165, 1.54) is 36.2 Å². The lowest BCUT2D eigenvalue weighted by molar-refractivity contribution is 0.511. The van der Waals surface area contributed by atoms with Crippen molar-refractivity contribution in [1.82, 2.24) is 9.78 Å². The van der Waals surface area contributed by atoms with Crippen LogP contribution < -0.4 is 5.73 Å². The molecule has 1 heterocycles. The number of hydrogen-bond acceptors (Lipinski definition) is 2. The molecule has 0 spiro atoms. The first-order valence-corrected chi connectivity index (χ1v) is 6.02. The highest BCUT2D eigenvalue weighted by atomic mass is 15.3. The van der Waals surface area contributed by atoms with Crippen molar-refractivity contribution in [3.8, 4) is 0 Å². The number of hydrogen-bond donors (Lipinski definition) is 1. The summed E-state index contributed by atoms with van der Waals surface area (Å²) in [4.78, 5) is 0. The van der Waals surface area contributed by atoms with Crippen molar-refractivity contribution < 1.29 is 0 Å². The zero-order valence-electron chi connectivity index (χ0n) is 9.79. The van der Waals surface area contributed by atoms with Crippen molar-refractivity contribution in [3.63, 3.8) is 0 Å². The van der Waals surface area contributed by atoms with Gasteiger partial charge in [-0.2, -0.15) is 5.10 Å². The number of nitrogens with two attached hydrogens (primary N) is 1. The second-order valence-electron chi connectivity index (χ2n) is 4.45. The smallest absolute Gasteiger partial charge is 0.0659 e. The Kier molecular flexibility index (Phi) is 3.10. The maximum Gasteiger partial charge on any atom is 0.0659 e. The van der Waals surface area contributed by atoms with Crippen molar-refractivity contribution in [3.05, 3.63) is 17.0 Å². The van der Waals surface area contributed by atoms with Crippen LogP contribution in [0.2, 0.25) is 0 Å². The second-order valence-corrected chi connectivity index (χ2v) is 4.45. The summed E-state index contributed by atoms with van der Waals surface area (Å²) in [6.07, 6.45) is 5.94. The first kappa shape index (κ1) is 10.7. The molecule has 1 aromatic heterocycles. The fourth-order valence-electron chi connectivity index (χ4n) is 2.82. The van der Waals surface area contributed by atoms with Crippen LogP contribution in [-0.2, 0) is 19.9 Å². The van der Waals surface area contributed by atoms with Crippen LogP contribution in [0, 0.1) is 0 Å². The third-order valence-corrected chi connectivity index (χ3v) is 3.51. The van der Waals surface area contributed by atoms with Crippen LogP contribution in [0.5, 0.6) is 0 Å². The van der Waals surface area contributed by atoms with Crippen molar-refractivity contribution in [1.29, 1.82) is 0 Å². The summed E-state index contributed by atoms with van der Waals surface area (Å²) in [6, 6.07) is 0. The van der Waals surface area contributed by atoms with Crippen molar-refractivity contribution in [2.24, 2.45) is 12.8 Å². The van der Waals surface area contributed by atoms with Crippen LogP contribution in [0.25, 0.3) is 0 Å². The number of fused-ring (bicyclic) bond motifs is 1. The van der Waals surface area contributed by atoms with Gasteiger partial charge in [-0.25, -0.2) is 0 Å². The van der Waals surface area contributed by atoms with Gasteiger partial charge in [-0.05, 0) is 50.1 Å². The molecule has 0 saturated heterocycles. The van der Waals surface area contributed by atoms with Crippen molar-refractivity contribution in [2.75, 3.05) is 6.54 Å². The van der Waals surface area contributed by atoms with Crippen LogP contribution in [0.15, 0.2) is 0 Å². The van der Waals surface area contributed by atoms with Gasteiger partial charge in [0.15, 0.2) is 0 Å². The molecular formula is C12H21N3. The van der Waals surface area contributed by atoms with E-state index in [-0.39, 0.29) is 0 Å². The molecule has 0 aliphatic heterocycles. The van der Waals surface area contributed by atoms with Gasteiger partial charge >= 0.3 is 0 Å². The second kappa shape index (κ2) is 4.35. The summed E-state index contributed by atoms with van der Waals surface area (Å²) in [7, 11) is 2.07. The van der Waals surface area contributed by atoms with Gasteiger partial charge in [0.2, 0.25) is 0 Å². The fourth-order valence-corrected chi connectivity index (χ4v) is 2.82. The third-order valence-electron chi connectivity index (χ3n) is 3.51. The molecule has 1 aromatic rings. The Bertz CT molecular complexity index is 341. The summed E-state index contributed by atoms with van der Waals surface area (Å²) in [5.41, 5.74) is 9.96. The first-order chi connectivity index (χ1) is 7.27. The molecule has 1 atom stereocenters. The van der Waals surface area contributed by atoms with Gasteiger partial charge in [0.05, 0.1) is 5.69 Å². The van der Waals surface area contributed by atoms with E-state index in [2.05, 4.69) is 23.8 Å². The molecule has 1 aliphatic rings. The Morgan fingerprint density at radius 1 is 1.53 bits per heavy atom. The molecule has 0 fully saturated rings. The summed E-state index contributed by atoms with van der Waals surface area (Å²) in [5.74, 6) is 0.669. The zero-order chi connectivity index (χ0) is 10.8. The highest BCUT2D eigenvalue weighted by molar-refractivity contribution is 5.32. The minimum Gasteiger partial charge on any atom is -0.330 e. The summed E-state index contributed by atoms with van der Waals surface area (Å²) in [6.45, 7) is 2.98. The third kappa shape index (κ3) is 1.81. The zero-order valence-corrected chi connectivity index (χ0v) is 9.79. The number of nitrogens with zero attached hydrogens (tertiary/aromatic N) is 2. The molecule has 3 nitrogen and oxygen atoms in total. The number of rotatable bonds is 3. The van der Waals surface area contributed by atoms with E-state index in [0.717, 1.165) is 19.4 Å². The largest absolute Gasteiger partial charge is 0.330 e. The van der Waals surface area contributed by atoms with Crippen LogP contribution in [0.3, 0.4) is 0 Å². The van der Waals surface area contributed by atoms with E-state index in [1.807, 2.05) is 0 Å². The van der Waals surface area contributed by atoms with Crippen LogP contribution in [0.4, 0.5) is 0 Å². The minimum absolute atomic E-state index is 0.669. The van der Waals surface area contributed by atoms with Crippen molar-refractivity contribution in [2.45, 2.75) is 44.9 Å². The summed E-state index contributed by atoms with van der Waals surface area (Å²) < 4.78 is 2.08. The van der Waals surface area contributed by atoms with E-state index >= 15 is 0 Å². The predicted molar refractivity (Wildman–Crippen MR) is 61.9 cm³/mol.